The predicted molar refractivity (Wildman–Crippen MR) is 127 cm³/mol. The molecule has 0 unspecified atom stereocenters. The fourth-order valence-corrected chi connectivity index (χ4v) is 4.14. The van der Waals surface area contributed by atoms with Crippen LogP contribution in [0.15, 0.2) is 48.5 Å². The number of nitrogen functional groups attached to an aromatic ring is 2. The molecule has 32 heavy (non-hydrogen) atoms. The number of carbonyl (C=O) groups excluding carboxylic acids is 2. The van der Waals surface area contributed by atoms with Crippen LogP contribution < -0.4 is 16.2 Å². The molecule has 0 amide bonds. The zero-order valence-corrected chi connectivity index (χ0v) is 18.6. The lowest BCUT2D eigenvalue weighted by molar-refractivity contribution is -0.140. The summed E-state index contributed by atoms with van der Waals surface area (Å²) < 4.78 is 10.8. The Bertz CT molecular complexity index is 925. The lowest BCUT2D eigenvalue weighted by Gasteiger charge is -2.26. The molecular formula is C26H32N2O4. The van der Waals surface area contributed by atoms with Crippen molar-refractivity contribution in [1.82, 2.24) is 0 Å². The summed E-state index contributed by atoms with van der Waals surface area (Å²) in [5.74, 6) is 0.650. The van der Waals surface area contributed by atoms with E-state index in [9.17, 15) is 9.59 Å². The van der Waals surface area contributed by atoms with Crippen LogP contribution in [0.3, 0.4) is 0 Å². The Morgan fingerprint density at radius 3 is 2.28 bits per heavy atom. The zero-order chi connectivity index (χ0) is 22.9. The van der Waals surface area contributed by atoms with Crippen LogP contribution in [0.2, 0.25) is 0 Å². The normalized spacial score (nSPS) is 18.4. The second kappa shape index (κ2) is 11.4. The predicted octanol–water partition coefficient (Wildman–Crippen LogP) is 5.12. The van der Waals surface area contributed by atoms with Crippen LogP contribution in [-0.4, -0.2) is 11.9 Å². The molecule has 0 aromatic heterocycles. The molecule has 6 heteroatoms. The van der Waals surface area contributed by atoms with Crippen molar-refractivity contribution in [3.63, 3.8) is 0 Å². The van der Waals surface area contributed by atoms with Crippen LogP contribution in [0.4, 0.5) is 11.4 Å². The zero-order valence-electron chi connectivity index (χ0n) is 18.6. The number of carbonyl (C=O) groups is 2. The summed E-state index contributed by atoms with van der Waals surface area (Å²) in [6.07, 6.45) is 9.50. The Hall–Kier alpha value is -3.28. The standard InChI is InChI=1S/C26H32N2O4/c1-2-3-18-4-9-21(10-5-18)26(30)32-24-11-6-19(7-12-24)8-13-25(29)31-17-20-14-22(27)16-23(28)15-20/h6-8,11-16,18,21H,2-5,9-10,17,27-28H2,1H3/b13-8+. The van der Waals surface area contributed by atoms with Gasteiger partial charge >= 0.3 is 11.9 Å². The Kier molecular flexibility index (Phi) is 8.31. The molecule has 0 spiro atoms. The van der Waals surface area contributed by atoms with Crippen LogP contribution in [0.25, 0.3) is 6.08 Å². The minimum absolute atomic E-state index is 0.00670. The maximum absolute atomic E-state index is 12.4. The number of benzene rings is 2. The first-order chi connectivity index (χ1) is 15.4. The molecule has 1 aliphatic carbocycles. The number of hydrogen-bond donors (Lipinski definition) is 2. The summed E-state index contributed by atoms with van der Waals surface area (Å²) in [5.41, 5.74) is 14.1. The lowest BCUT2D eigenvalue weighted by atomic mass is 9.80. The molecule has 170 valence electrons. The number of anilines is 2. The average molecular weight is 437 g/mol. The quantitative estimate of drug-likeness (QED) is 0.258. The highest BCUT2D eigenvalue weighted by molar-refractivity contribution is 5.87. The monoisotopic (exact) mass is 436 g/mol. The molecule has 1 saturated carbocycles. The van der Waals surface area contributed by atoms with Crippen molar-refractivity contribution < 1.29 is 19.1 Å². The molecule has 0 radical (unpaired) electrons. The first kappa shape index (κ1) is 23.4. The summed E-state index contributed by atoms with van der Waals surface area (Å²) in [7, 11) is 0. The van der Waals surface area contributed by atoms with E-state index in [4.69, 9.17) is 20.9 Å². The van der Waals surface area contributed by atoms with E-state index in [1.54, 1.807) is 48.5 Å². The van der Waals surface area contributed by atoms with Crippen molar-refractivity contribution in [2.24, 2.45) is 11.8 Å². The van der Waals surface area contributed by atoms with Gasteiger partial charge in [0.05, 0.1) is 5.92 Å². The highest BCUT2D eigenvalue weighted by atomic mass is 16.5. The first-order valence-electron chi connectivity index (χ1n) is 11.2. The van der Waals surface area contributed by atoms with E-state index >= 15 is 0 Å². The van der Waals surface area contributed by atoms with Crippen LogP contribution in [0.1, 0.15) is 56.6 Å². The third kappa shape index (κ3) is 7.15. The van der Waals surface area contributed by atoms with E-state index in [0.717, 1.165) is 42.7 Å². The molecule has 2 aromatic rings. The van der Waals surface area contributed by atoms with Gasteiger partial charge in [-0.25, -0.2) is 4.79 Å². The SMILES string of the molecule is CCCC1CCC(C(=O)Oc2ccc(/C=C/C(=O)OCc3cc(N)cc(N)c3)cc2)CC1. The summed E-state index contributed by atoms with van der Waals surface area (Å²) in [5, 5.41) is 0. The van der Waals surface area contributed by atoms with E-state index in [-0.39, 0.29) is 18.5 Å². The maximum atomic E-state index is 12.4. The van der Waals surface area contributed by atoms with Gasteiger partial charge in [-0.2, -0.15) is 0 Å². The van der Waals surface area contributed by atoms with E-state index in [1.807, 2.05) is 0 Å². The fraction of sp³-hybridized carbons (Fsp3) is 0.385. The first-order valence-corrected chi connectivity index (χ1v) is 11.2. The van der Waals surface area contributed by atoms with Crippen molar-refractivity contribution in [1.29, 1.82) is 0 Å². The Balaban J connectivity index is 1.45. The van der Waals surface area contributed by atoms with Gasteiger partial charge in [-0.3, -0.25) is 4.79 Å². The average Bonchev–Trinajstić information content (AvgIpc) is 2.77. The number of nitrogens with two attached hydrogens (primary N) is 2. The molecule has 0 saturated heterocycles. The summed E-state index contributed by atoms with van der Waals surface area (Å²) in [4.78, 5) is 24.4. The molecule has 3 rings (SSSR count). The van der Waals surface area contributed by atoms with Gasteiger partial charge in [-0.05, 0) is 79.1 Å². The van der Waals surface area contributed by atoms with Crippen molar-refractivity contribution in [2.75, 3.05) is 11.5 Å². The third-order valence-electron chi connectivity index (χ3n) is 5.81. The maximum Gasteiger partial charge on any atom is 0.331 e. The second-order valence-electron chi connectivity index (χ2n) is 8.45. The van der Waals surface area contributed by atoms with E-state index < -0.39 is 5.97 Å². The van der Waals surface area contributed by atoms with Gasteiger partial charge in [0.2, 0.25) is 0 Å². The van der Waals surface area contributed by atoms with Gasteiger partial charge in [0.1, 0.15) is 12.4 Å². The van der Waals surface area contributed by atoms with Gasteiger partial charge in [-0.1, -0.05) is 31.9 Å². The summed E-state index contributed by atoms with van der Waals surface area (Å²) >= 11 is 0. The van der Waals surface area contributed by atoms with Crippen molar-refractivity contribution in [2.45, 2.75) is 52.1 Å². The largest absolute Gasteiger partial charge is 0.458 e. The topological polar surface area (TPSA) is 105 Å². The molecule has 0 atom stereocenters. The molecule has 4 N–H and O–H groups in total. The number of rotatable bonds is 8. The molecule has 1 fully saturated rings. The second-order valence-corrected chi connectivity index (χ2v) is 8.45. The van der Waals surface area contributed by atoms with Crippen LogP contribution >= 0.6 is 0 Å². The lowest BCUT2D eigenvalue weighted by Crippen LogP contribution is -2.25. The van der Waals surface area contributed by atoms with E-state index in [2.05, 4.69) is 6.92 Å². The van der Waals surface area contributed by atoms with Gasteiger partial charge in [0.25, 0.3) is 0 Å². The van der Waals surface area contributed by atoms with Gasteiger partial charge < -0.3 is 20.9 Å². The fourth-order valence-electron chi connectivity index (χ4n) is 4.14. The molecule has 0 heterocycles. The molecule has 2 aromatic carbocycles. The minimum Gasteiger partial charge on any atom is -0.458 e. The molecule has 6 nitrogen and oxygen atoms in total. The Morgan fingerprint density at radius 2 is 1.66 bits per heavy atom. The Labute approximate surface area is 189 Å². The van der Waals surface area contributed by atoms with Crippen LogP contribution in [-0.2, 0) is 20.9 Å². The highest BCUT2D eigenvalue weighted by Gasteiger charge is 2.27. The van der Waals surface area contributed by atoms with Gasteiger partial charge in [0.15, 0.2) is 0 Å². The van der Waals surface area contributed by atoms with Crippen LogP contribution in [0, 0.1) is 11.8 Å². The molecule has 0 aliphatic heterocycles. The molecular weight excluding hydrogens is 404 g/mol. The van der Waals surface area contributed by atoms with E-state index in [1.165, 1.54) is 18.9 Å². The number of hydrogen-bond acceptors (Lipinski definition) is 6. The molecule has 0 bridgehead atoms. The van der Waals surface area contributed by atoms with Gasteiger partial charge in [-0.15, -0.1) is 0 Å². The number of ether oxygens (including phenoxy) is 2. The van der Waals surface area contributed by atoms with Gasteiger partial charge in [0, 0.05) is 17.5 Å². The van der Waals surface area contributed by atoms with Crippen molar-refractivity contribution in [3.8, 4) is 5.75 Å². The number of esters is 2. The smallest absolute Gasteiger partial charge is 0.331 e. The molecule has 1 aliphatic rings. The third-order valence-corrected chi connectivity index (χ3v) is 5.81. The van der Waals surface area contributed by atoms with E-state index in [0.29, 0.717) is 17.1 Å². The highest BCUT2D eigenvalue weighted by Crippen LogP contribution is 2.32. The summed E-state index contributed by atoms with van der Waals surface area (Å²) in [6, 6.07) is 12.1. The summed E-state index contributed by atoms with van der Waals surface area (Å²) in [6.45, 7) is 2.30. The van der Waals surface area contributed by atoms with Crippen LogP contribution in [0.5, 0.6) is 5.75 Å². The Morgan fingerprint density at radius 1 is 1.00 bits per heavy atom. The van der Waals surface area contributed by atoms with Crippen molar-refractivity contribution in [3.05, 3.63) is 59.7 Å². The minimum atomic E-state index is -0.472. The van der Waals surface area contributed by atoms with Crippen molar-refractivity contribution >= 4 is 29.4 Å².